The van der Waals surface area contributed by atoms with Gasteiger partial charge >= 0.3 is 0 Å². The zero-order valence-electron chi connectivity index (χ0n) is 5.67. The van der Waals surface area contributed by atoms with Crippen LogP contribution in [0.15, 0.2) is 23.8 Å². The fraction of sp³-hybridized carbons (Fsp3) is 0.500. The quantitative estimate of drug-likeness (QED) is 0.561. The first-order valence-corrected chi connectivity index (χ1v) is 3.30. The third kappa shape index (κ3) is 1.68. The largest absolute Gasteiger partial charge is 0.392 e. The maximum Gasteiger partial charge on any atom is 0.0645 e. The second kappa shape index (κ2) is 2.83. The minimum Gasteiger partial charge on any atom is -0.392 e. The number of aliphatic hydroxyl groups is 1. The monoisotopic (exact) mass is 124 g/mol. The highest BCUT2D eigenvalue weighted by atomic mass is 16.3. The SMILES string of the molecule is C[C@@H]1C=CC=C(CO)C1. The number of hydrogen-bond donors (Lipinski definition) is 1. The second-order valence-corrected chi connectivity index (χ2v) is 2.55. The number of rotatable bonds is 1. The summed E-state index contributed by atoms with van der Waals surface area (Å²) in [5, 5.41) is 8.71. The molecule has 0 unspecified atom stereocenters. The van der Waals surface area contributed by atoms with E-state index in [-0.39, 0.29) is 6.61 Å². The van der Waals surface area contributed by atoms with E-state index in [2.05, 4.69) is 13.0 Å². The lowest BCUT2D eigenvalue weighted by molar-refractivity contribution is 0.323. The van der Waals surface area contributed by atoms with Crippen LogP contribution in [0.25, 0.3) is 0 Å². The Kier molecular flexibility index (Phi) is 2.06. The van der Waals surface area contributed by atoms with E-state index in [0.717, 1.165) is 12.0 Å². The Hall–Kier alpha value is -0.560. The van der Waals surface area contributed by atoms with E-state index < -0.39 is 0 Å². The zero-order chi connectivity index (χ0) is 6.69. The Balaban J connectivity index is 2.55. The van der Waals surface area contributed by atoms with E-state index in [4.69, 9.17) is 5.11 Å². The summed E-state index contributed by atoms with van der Waals surface area (Å²) in [6.07, 6.45) is 7.17. The van der Waals surface area contributed by atoms with Crippen molar-refractivity contribution < 1.29 is 5.11 Å². The lowest BCUT2D eigenvalue weighted by atomic mass is 9.97. The summed E-state index contributed by atoms with van der Waals surface area (Å²) < 4.78 is 0. The van der Waals surface area contributed by atoms with Crippen molar-refractivity contribution in [3.63, 3.8) is 0 Å². The van der Waals surface area contributed by atoms with Crippen LogP contribution in [0.2, 0.25) is 0 Å². The fourth-order valence-corrected chi connectivity index (χ4v) is 1.05. The fourth-order valence-electron chi connectivity index (χ4n) is 1.05. The molecule has 0 saturated carbocycles. The number of hydrogen-bond acceptors (Lipinski definition) is 1. The van der Waals surface area contributed by atoms with Crippen molar-refractivity contribution in [3.8, 4) is 0 Å². The van der Waals surface area contributed by atoms with Gasteiger partial charge in [-0.15, -0.1) is 0 Å². The topological polar surface area (TPSA) is 20.2 Å². The van der Waals surface area contributed by atoms with E-state index in [1.807, 2.05) is 12.2 Å². The maximum atomic E-state index is 8.71. The van der Waals surface area contributed by atoms with Gasteiger partial charge in [0.25, 0.3) is 0 Å². The van der Waals surface area contributed by atoms with Crippen molar-refractivity contribution in [1.29, 1.82) is 0 Å². The van der Waals surface area contributed by atoms with Gasteiger partial charge in [0.05, 0.1) is 6.61 Å². The first kappa shape index (κ1) is 6.56. The summed E-state index contributed by atoms with van der Waals surface area (Å²) in [6.45, 7) is 2.37. The Labute approximate surface area is 55.7 Å². The first-order valence-electron chi connectivity index (χ1n) is 3.30. The summed E-state index contributed by atoms with van der Waals surface area (Å²) in [4.78, 5) is 0. The average molecular weight is 124 g/mol. The molecule has 0 fully saturated rings. The lowest BCUT2D eigenvalue weighted by Gasteiger charge is -2.11. The second-order valence-electron chi connectivity index (χ2n) is 2.55. The van der Waals surface area contributed by atoms with Crippen molar-refractivity contribution in [2.24, 2.45) is 5.92 Å². The maximum absolute atomic E-state index is 8.71. The van der Waals surface area contributed by atoms with Gasteiger partial charge in [-0.25, -0.2) is 0 Å². The van der Waals surface area contributed by atoms with Gasteiger partial charge in [0, 0.05) is 0 Å². The minimum absolute atomic E-state index is 0.217. The molecule has 0 aromatic rings. The Morgan fingerprint density at radius 1 is 1.78 bits per heavy atom. The molecule has 0 aliphatic heterocycles. The molecule has 1 heteroatoms. The lowest BCUT2D eigenvalue weighted by Crippen LogP contribution is -2.00. The van der Waals surface area contributed by atoms with Crippen LogP contribution in [0.1, 0.15) is 13.3 Å². The Morgan fingerprint density at radius 3 is 3.00 bits per heavy atom. The van der Waals surface area contributed by atoms with Crippen LogP contribution in [-0.4, -0.2) is 11.7 Å². The molecule has 1 rings (SSSR count). The highest BCUT2D eigenvalue weighted by Crippen LogP contribution is 2.16. The predicted molar refractivity (Wildman–Crippen MR) is 38.1 cm³/mol. The van der Waals surface area contributed by atoms with Gasteiger partial charge in [-0.1, -0.05) is 25.2 Å². The van der Waals surface area contributed by atoms with Crippen molar-refractivity contribution in [1.82, 2.24) is 0 Å². The van der Waals surface area contributed by atoms with Gasteiger partial charge in [0.2, 0.25) is 0 Å². The van der Waals surface area contributed by atoms with E-state index in [1.165, 1.54) is 0 Å². The normalized spacial score (nSPS) is 26.0. The molecule has 1 aliphatic rings. The van der Waals surface area contributed by atoms with Gasteiger partial charge in [-0.3, -0.25) is 0 Å². The van der Waals surface area contributed by atoms with Gasteiger partial charge in [-0.2, -0.15) is 0 Å². The van der Waals surface area contributed by atoms with Crippen molar-refractivity contribution in [2.45, 2.75) is 13.3 Å². The number of aliphatic hydroxyl groups excluding tert-OH is 1. The summed E-state index contributed by atoms with van der Waals surface area (Å²) >= 11 is 0. The minimum atomic E-state index is 0.217. The summed E-state index contributed by atoms with van der Waals surface area (Å²) in [5.41, 5.74) is 1.14. The smallest absolute Gasteiger partial charge is 0.0645 e. The van der Waals surface area contributed by atoms with Crippen molar-refractivity contribution in [3.05, 3.63) is 23.8 Å². The molecule has 50 valence electrons. The van der Waals surface area contributed by atoms with Gasteiger partial charge in [0.15, 0.2) is 0 Å². The van der Waals surface area contributed by atoms with Gasteiger partial charge in [-0.05, 0) is 17.9 Å². The van der Waals surface area contributed by atoms with E-state index in [1.54, 1.807) is 0 Å². The average Bonchev–Trinajstić information content (AvgIpc) is 1.88. The molecule has 0 radical (unpaired) electrons. The molecule has 0 aromatic heterocycles. The summed E-state index contributed by atoms with van der Waals surface area (Å²) in [5.74, 6) is 0.608. The third-order valence-electron chi connectivity index (χ3n) is 1.56. The molecule has 0 amide bonds. The highest BCUT2D eigenvalue weighted by molar-refractivity contribution is 5.19. The van der Waals surface area contributed by atoms with Crippen LogP contribution < -0.4 is 0 Å². The van der Waals surface area contributed by atoms with Gasteiger partial charge in [0.1, 0.15) is 0 Å². The van der Waals surface area contributed by atoms with Crippen LogP contribution in [-0.2, 0) is 0 Å². The molecule has 0 heterocycles. The summed E-state index contributed by atoms with van der Waals surface area (Å²) in [7, 11) is 0. The van der Waals surface area contributed by atoms with Gasteiger partial charge < -0.3 is 5.11 Å². The Bertz CT molecular complexity index is 145. The Morgan fingerprint density at radius 2 is 2.56 bits per heavy atom. The van der Waals surface area contributed by atoms with Crippen LogP contribution in [0.4, 0.5) is 0 Å². The molecule has 1 aliphatic carbocycles. The summed E-state index contributed by atoms with van der Waals surface area (Å²) in [6, 6.07) is 0. The predicted octanol–water partition coefficient (Wildman–Crippen LogP) is 1.50. The molecule has 1 N–H and O–H groups in total. The van der Waals surface area contributed by atoms with Crippen LogP contribution in [0.3, 0.4) is 0 Å². The van der Waals surface area contributed by atoms with Crippen LogP contribution in [0, 0.1) is 5.92 Å². The molecule has 1 nitrogen and oxygen atoms in total. The molecule has 9 heavy (non-hydrogen) atoms. The van der Waals surface area contributed by atoms with E-state index in [9.17, 15) is 0 Å². The van der Waals surface area contributed by atoms with E-state index >= 15 is 0 Å². The number of allylic oxidation sites excluding steroid dienone is 3. The third-order valence-corrected chi connectivity index (χ3v) is 1.56. The van der Waals surface area contributed by atoms with E-state index in [0.29, 0.717) is 5.92 Å². The first-order chi connectivity index (χ1) is 4.33. The van der Waals surface area contributed by atoms with Crippen LogP contribution >= 0.6 is 0 Å². The molecule has 0 bridgehead atoms. The van der Waals surface area contributed by atoms with Crippen molar-refractivity contribution in [2.75, 3.05) is 6.61 Å². The molecular formula is C8H12O. The molecule has 0 saturated heterocycles. The standard InChI is InChI=1S/C8H12O/c1-7-3-2-4-8(5-7)6-9/h2-4,7,9H,5-6H2,1H3/t7-/m1/s1. The highest BCUT2D eigenvalue weighted by Gasteiger charge is 2.03. The molecule has 0 spiro atoms. The zero-order valence-corrected chi connectivity index (χ0v) is 5.67. The van der Waals surface area contributed by atoms with Crippen molar-refractivity contribution >= 4 is 0 Å². The molecule has 0 aromatic carbocycles. The van der Waals surface area contributed by atoms with Crippen LogP contribution in [0.5, 0.6) is 0 Å². The molecule has 1 atom stereocenters. The molecular weight excluding hydrogens is 112 g/mol.